The zero-order valence-electron chi connectivity index (χ0n) is 13.0. The lowest BCUT2D eigenvalue weighted by Gasteiger charge is -2.19. The molecular formula is C17H18O5. The number of carbonyl (C=O) groups excluding carboxylic acids is 2. The van der Waals surface area contributed by atoms with Gasteiger partial charge >= 0.3 is 12.1 Å². The number of esters is 1. The molecule has 0 aromatic heterocycles. The minimum atomic E-state index is -0.868. The Hall–Kier alpha value is -2.56. The Balaban J connectivity index is 2.41. The molecule has 2 rings (SSSR count). The van der Waals surface area contributed by atoms with E-state index in [2.05, 4.69) is 0 Å². The highest BCUT2D eigenvalue weighted by Crippen LogP contribution is 2.27. The van der Waals surface area contributed by atoms with Crippen molar-refractivity contribution in [3.63, 3.8) is 0 Å². The Bertz CT molecular complexity index is 713. The molecule has 0 N–H and O–H groups in total. The maximum Gasteiger partial charge on any atom is 0.514 e. The van der Waals surface area contributed by atoms with Crippen LogP contribution in [0.1, 0.15) is 31.1 Å². The molecule has 0 radical (unpaired) electrons. The van der Waals surface area contributed by atoms with E-state index in [1.54, 1.807) is 32.9 Å². The van der Waals surface area contributed by atoms with E-state index in [4.69, 9.17) is 14.2 Å². The lowest BCUT2D eigenvalue weighted by Crippen LogP contribution is -2.26. The summed E-state index contributed by atoms with van der Waals surface area (Å²) >= 11 is 0. The third-order valence-corrected chi connectivity index (χ3v) is 2.84. The van der Waals surface area contributed by atoms with Crippen molar-refractivity contribution in [2.45, 2.75) is 26.4 Å². The van der Waals surface area contributed by atoms with Crippen LogP contribution in [0.15, 0.2) is 36.4 Å². The molecule has 0 saturated heterocycles. The van der Waals surface area contributed by atoms with Gasteiger partial charge in [-0.25, -0.2) is 9.59 Å². The second kappa shape index (κ2) is 6.05. The Labute approximate surface area is 128 Å². The van der Waals surface area contributed by atoms with E-state index < -0.39 is 17.7 Å². The number of hydrogen-bond acceptors (Lipinski definition) is 5. The van der Waals surface area contributed by atoms with Gasteiger partial charge in [0, 0.05) is 0 Å². The van der Waals surface area contributed by atoms with Gasteiger partial charge in [-0.3, -0.25) is 0 Å². The molecule has 116 valence electrons. The van der Waals surface area contributed by atoms with Crippen LogP contribution in [0.2, 0.25) is 0 Å². The molecular weight excluding hydrogens is 284 g/mol. The predicted octanol–water partition coefficient (Wildman–Crippen LogP) is 3.94. The number of rotatable bonds is 2. The molecule has 2 aromatic carbocycles. The molecule has 0 bridgehead atoms. The molecule has 2 aromatic rings. The van der Waals surface area contributed by atoms with Crippen LogP contribution in [0, 0.1) is 0 Å². The van der Waals surface area contributed by atoms with Gasteiger partial charge in [-0.2, -0.15) is 0 Å². The first-order valence-corrected chi connectivity index (χ1v) is 6.82. The van der Waals surface area contributed by atoms with E-state index in [1.165, 1.54) is 7.11 Å². The monoisotopic (exact) mass is 302 g/mol. The van der Waals surface area contributed by atoms with E-state index in [1.807, 2.05) is 24.3 Å². The Morgan fingerprint density at radius 2 is 1.59 bits per heavy atom. The van der Waals surface area contributed by atoms with Crippen molar-refractivity contribution in [3.8, 4) is 5.75 Å². The summed E-state index contributed by atoms with van der Waals surface area (Å²) in [4.78, 5) is 23.7. The second-order valence-electron chi connectivity index (χ2n) is 5.75. The smallest absolute Gasteiger partial charge is 0.465 e. The highest BCUT2D eigenvalue weighted by Gasteiger charge is 2.22. The molecule has 5 heteroatoms. The predicted molar refractivity (Wildman–Crippen MR) is 82.1 cm³/mol. The number of carbonyl (C=O) groups is 2. The molecule has 0 heterocycles. The maximum absolute atomic E-state index is 11.9. The summed E-state index contributed by atoms with van der Waals surface area (Å²) in [5.74, 6) is -0.468. The van der Waals surface area contributed by atoms with Gasteiger partial charge in [-0.1, -0.05) is 24.3 Å². The average molecular weight is 302 g/mol. The summed E-state index contributed by atoms with van der Waals surface area (Å²) in [6.07, 6.45) is -0.868. The standard InChI is InChI=1S/C17H18O5/c1-17(2,3)22-16(19)21-14-10-12-8-6-5-7-11(12)9-13(14)15(18)20-4/h5-10H,1-4H3. The SMILES string of the molecule is COC(=O)c1cc2ccccc2cc1OC(=O)OC(C)(C)C. The number of benzene rings is 2. The number of hydrogen-bond donors (Lipinski definition) is 0. The third kappa shape index (κ3) is 3.75. The summed E-state index contributed by atoms with van der Waals surface area (Å²) < 4.78 is 15.0. The fraction of sp³-hybridized carbons (Fsp3) is 0.294. The molecule has 5 nitrogen and oxygen atoms in total. The van der Waals surface area contributed by atoms with E-state index >= 15 is 0 Å². The van der Waals surface area contributed by atoms with Gasteiger partial charge in [0.1, 0.15) is 16.9 Å². The summed E-state index contributed by atoms with van der Waals surface area (Å²) in [6.45, 7) is 5.20. The zero-order valence-corrected chi connectivity index (χ0v) is 13.0. The summed E-state index contributed by atoms with van der Waals surface area (Å²) in [5.41, 5.74) is -0.508. The number of fused-ring (bicyclic) bond motifs is 1. The minimum Gasteiger partial charge on any atom is -0.465 e. The van der Waals surface area contributed by atoms with Crippen LogP contribution in [0.5, 0.6) is 5.75 Å². The number of ether oxygens (including phenoxy) is 3. The van der Waals surface area contributed by atoms with E-state index in [-0.39, 0.29) is 11.3 Å². The number of methoxy groups -OCH3 is 1. The molecule has 0 saturated carbocycles. The molecule has 0 aliphatic carbocycles. The fourth-order valence-electron chi connectivity index (χ4n) is 1.93. The van der Waals surface area contributed by atoms with Crippen molar-refractivity contribution in [3.05, 3.63) is 42.0 Å². The summed E-state index contributed by atoms with van der Waals surface area (Å²) in [7, 11) is 1.27. The van der Waals surface area contributed by atoms with Crippen molar-refractivity contribution in [1.82, 2.24) is 0 Å². The highest BCUT2D eigenvalue weighted by molar-refractivity contribution is 5.99. The van der Waals surface area contributed by atoms with Crippen LogP contribution in [0.3, 0.4) is 0 Å². The highest BCUT2D eigenvalue weighted by atomic mass is 16.7. The fourth-order valence-corrected chi connectivity index (χ4v) is 1.93. The molecule has 0 aliphatic heterocycles. The van der Waals surface area contributed by atoms with Crippen LogP contribution in [-0.4, -0.2) is 24.8 Å². The summed E-state index contributed by atoms with van der Waals surface area (Å²) in [6, 6.07) is 10.7. The largest absolute Gasteiger partial charge is 0.514 e. The molecule has 0 spiro atoms. The maximum atomic E-state index is 11.9. The lowest BCUT2D eigenvalue weighted by molar-refractivity contribution is 0.0203. The van der Waals surface area contributed by atoms with Gasteiger partial charge in [0.05, 0.1) is 7.11 Å². The topological polar surface area (TPSA) is 61.8 Å². The van der Waals surface area contributed by atoms with Crippen molar-refractivity contribution >= 4 is 22.9 Å². The Morgan fingerprint density at radius 1 is 1.00 bits per heavy atom. The van der Waals surface area contributed by atoms with Crippen molar-refractivity contribution in [2.75, 3.05) is 7.11 Å². The van der Waals surface area contributed by atoms with Crippen molar-refractivity contribution < 1.29 is 23.8 Å². The minimum absolute atomic E-state index is 0.111. The normalized spacial score (nSPS) is 11.1. The van der Waals surface area contributed by atoms with Crippen LogP contribution in [0.4, 0.5) is 4.79 Å². The molecule has 0 fully saturated rings. The Kier molecular flexibility index (Phi) is 4.35. The molecule has 0 amide bonds. The van der Waals surface area contributed by atoms with Crippen LogP contribution >= 0.6 is 0 Å². The second-order valence-corrected chi connectivity index (χ2v) is 5.75. The van der Waals surface area contributed by atoms with Crippen molar-refractivity contribution in [1.29, 1.82) is 0 Å². The average Bonchev–Trinajstić information content (AvgIpc) is 2.43. The van der Waals surface area contributed by atoms with Crippen LogP contribution in [-0.2, 0) is 9.47 Å². The molecule has 0 aliphatic rings. The van der Waals surface area contributed by atoms with E-state index in [0.717, 1.165) is 10.8 Å². The van der Waals surface area contributed by atoms with Gasteiger partial charge in [-0.15, -0.1) is 0 Å². The van der Waals surface area contributed by atoms with E-state index in [0.29, 0.717) is 0 Å². The first kappa shape index (κ1) is 15.8. The van der Waals surface area contributed by atoms with Gasteiger partial charge in [0.25, 0.3) is 0 Å². The molecule has 0 atom stereocenters. The molecule has 0 unspecified atom stereocenters. The third-order valence-electron chi connectivity index (χ3n) is 2.84. The first-order chi connectivity index (χ1) is 10.3. The van der Waals surface area contributed by atoms with Gasteiger partial charge in [-0.05, 0) is 43.7 Å². The lowest BCUT2D eigenvalue weighted by atomic mass is 10.1. The van der Waals surface area contributed by atoms with Crippen LogP contribution < -0.4 is 4.74 Å². The van der Waals surface area contributed by atoms with Gasteiger partial charge in [0.2, 0.25) is 0 Å². The van der Waals surface area contributed by atoms with E-state index in [9.17, 15) is 9.59 Å². The zero-order chi connectivity index (χ0) is 16.3. The van der Waals surface area contributed by atoms with Crippen LogP contribution in [0.25, 0.3) is 10.8 Å². The summed E-state index contributed by atoms with van der Waals surface area (Å²) in [5, 5.41) is 1.69. The Morgan fingerprint density at radius 3 is 2.14 bits per heavy atom. The van der Waals surface area contributed by atoms with Gasteiger partial charge in [0.15, 0.2) is 0 Å². The quantitative estimate of drug-likeness (QED) is 0.621. The van der Waals surface area contributed by atoms with Gasteiger partial charge < -0.3 is 14.2 Å². The molecule has 22 heavy (non-hydrogen) atoms. The van der Waals surface area contributed by atoms with Crippen molar-refractivity contribution in [2.24, 2.45) is 0 Å². The first-order valence-electron chi connectivity index (χ1n) is 6.82.